The highest BCUT2D eigenvalue weighted by atomic mass is 32.2. The van der Waals surface area contributed by atoms with Gasteiger partial charge in [-0.2, -0.15) is 8.42 Å². The average Bonchev–Trinajstić information content (AvgIpc) is 2.50. The summed E-state index contributed by atoms with van der Waals surface area (Å²) in [5, 5.41) is 29.4. The fourth-order valence-electron chi connectivity index (χ4n) is 2.24. The highest BCUT2D eigenvalue weighted by Crippen LogP contribution is 2.23. The van der Waals surface area contributed by atoms with Gasteiger partial charge in [0.2, 0.25) is 0 Å². The van der Waals surface area contributed by atoms with Gasteiger partial charge in [0.25, 0.3) is 10.1 Å². The zero-order valence-electron chi connectivity index (χ0n) is 12.7. The van der Waals surface area contributed by atoms with Crippen molar-refractivity contribution in [3.05, 3.63) is 29.8 Å². The quantitative estimate of drug-likeness (QED) is 0.589. The summed E-state index contributed by atoms with van der Waals surface area (Å²) in [6.45, 7) is 1.26. The van der Waals surface area contributed by atoms with Gasteiger partial charge in [-0.05, 0) is 19.1 Å². The summed E-state index contributed by atoms with van der Waals surface area (Å²) in [6.07, 6.45) is -6.74. The van der Waals surface area contributed by atoms with Gasteiger partial charge in [-0.15, -0.1) is 0 Å². The van der Waals surface area contributed by atoms with Crippen molar-refractivity contribution in [2.24, 2.45) is 0 Å². The molecule has 1 aliphatic heterocycles. The molecule has 0 spiro atoms. The van der Waals surface area contributed by atoms with E-state index in [-0.39, 0.29) is 4.90 Å². The first-order chi connectivity index (χ1) is 10.8. The maximum atomic E-state index is 12.1. The Balaban J connectivity index is 2.04. The van der Waals surface area contributed by atoms with E-state index < -0.39 is 47.4 Å². The highest BCUT2D eigenvalue weighted by Gasteiger charge is 2.44. The molecule has 0 saturated carbocycles. The molecule has 0 aliphatic carbocycles. The second-order valence-electron chi connectivity index (χ2n) is 5.30. The largest absolute Gasteiger partial charge is 0.387 e. The highest BCUT2D eigenvalue weighted by molar-refractivity contribution is 7.86. The monoisotopic (exact) mass is 348 g/mol. The van der Waals surface area contributed by atoms with E-state index in [1.165, 1.54) is 19.2 Å². The second-order valence-corrected chi connectivity index (χ2v) is 6.91. The molecule has 1 aromatic rings. The van der Waals surface area contributed by atoms with Gasteiger partial charge >= 0.3 is 0 Å². The summed E-state index contributed by atoms with van der Waals surface area (Å²) in [6, 6.07) is 6.04. The minimum absolute atomic E-state index is 0.0377. The van der Waals surface area contributed by atoms with Crippen LogP contribution in [0.4, 0.5) is 0 Å². The maximum absolute atomic E-state index is 12.1. The molecule has 0 aromatic heterocycles. The van der Waals surface area contributed by atoms with Gasteiger partial charge in [0, 0.05) is 7.11 Å². The van der Waals surface area contributed by atoms with E-state index in [1.807, 2.05) is 6.92 Å². The van der Waals surface area contributed by atoms with Crippen LogP contribution < -0.4 is 0 Å². The van der Waals surface area contributed by atoms with Crippen molar-refractivity contribution in [1.29, 1.82) is 0 Å². The third-order valence-corrected chi connectivity index (χ3v) is 4.93. The molecule has 23 heavy (non-hydrogen) atoms. The average molecular weight is 348 g/mol. The first-order valence-corrected chi connectivity index (χ1v) is 8.35. The molecule has 1 saturated heterocycles. The fraction of sp³-hybridized carbons (Fsp3) is 0.571. The molecule has 0 unspecified atom stereocenters. The normalized spacial score (nSPS) is 32.0. The predicted molar refractivity (Wildman–Crippen MR) is 78.0 cm³/mol. The lowest BCUT2D eigenvalue weighted by Crippen LogP contribution is -2.59. The van der Waals surface area contributed by atoms with Crippen LogP contribution in [0.3, 0.4) is 0 Å². The van der Waals surface area contributed by atoms with Crippen molar-refractivity contribution in [2.75, 3.05) is 13.7 Å². The summed E-state index contributed by atoms with van der Waals surface area (Å²) >= 11 is 0. The van der Waals surface area contributed by atoms with Crippen molar-refractivity contribution in [1.82, 2.24) is 0 Å². The van der Waals surface area contributed by atoms with Gasteiger partial charge in [-0.1, -0.05) is 17.7 Å². The Labute approximate surface area is 134 Å². The Morgan fingerprint density at radius 1 is 1.13 bits per heavy atom. The molecule has 130 valence electrons. The summed E-state index contributed by atoms with van der Waals surface area (Å²) in [5.41, 5.74) is 0.895. The molecular weight excluding hydrogens is 328 g/mol. The van der Waals surface area contributed by atoms with E-state index in [9.17, 15) is 23.7 Å². The number of ether oxygens (including phenoxy) is 2. The Kier molecular flexibility index (Phi) is 5.74. The van der Waals surface area contributed by atoms with Crippen molar-refractivity contribution in [3.63, 3.8) is 0 Å². The molecule has 0 bridgehead atoms. The number of benzene rings is 1. The molecule has 3 N–H and O–H groups in total. The fourth-order valence-corrected chi connectivity index (χ4v) is 3.16. The van der Waals surface area contributed by atoms with Crippen LogP contribution in [0.2, 0.25) is 0 Å². The van der Waals surface area contributed by atoms with E-state index in [2.05, 4.69) is 0 Å². The van der Waals surface area contributed by atoms with Crippen LogP contribution in [0.5, 0.6) is 0 Å². The van der Waals surface area contributed by atoms with Gasteiger partial charge in [-0.25, -0.2) is 0 Å². The summed E-state index contributed by atoms with van der Waals surface area (Å²) < 4.78 is 38.9. The van der Waals surface area contributed by atoms with Crippen LogP contribution >= 0.6 is 0 Å². The standard InChI is InChI=1S/C14H20O8S/c1-8-3-5-9(6-4-8)23(18,19)21-7-10-11(15)12(16)13(20-2)14(17)22-10/h3-6,10-17H,7H2,1-2H3/t10-,11-,12+,13-,14+/m1/s1. The van der Waals surface area contributed by atoms with E-state index in [0.29, 0.717) is 0 Å². The Morgan fingerprint density at radius 3 is 2.30 bits per heavy atom. The molecule has 1 aliphatic rings. The van der Waals surface area contributed by atoms with Gasteiger partial charge in [0.05, 0.1) is 11.5 Å². The SMILES string of the molecule is CO[C@@H]1[C@@H](O)[C@H](O)[C@@H](COS(=O)(=O)c2ccc(C)cc2)O[C@@H]1O. The van der Waals surface area contributed by atoms with Crippen LogP contribution in [0.25, 0.3) is 0 Å². The number of aliphatic hydroxyl groups is 3. The second kappa shape index (κ2) is 7.22. The molecular formula is C14H20O8S. The lowest BCUT2D eigenvalue weighted by molar-refractivity contribution is -0.290. The Hall–Kier alpha value is -1.07. The summed E-state index contributed by atoms with van der Waals surface area (Å²) in [5.74, 6) is 0. The van der Waals surface area contributed by atoms with Crippen LogP contribution in [0, 0.1) is 6.92 Å². The van der Waals surface area contributed by atoms with Crippen molar-refractivity contribution in [3.8, 4) is 0 Å². The molecule has 2 rings (SSSR count). The van der Waals surface area contributed by atoms with Crippen LogP contribution in [-0.2, 0) is 23.8 Å². The Morgan fingerprint density at radius 2 is 1.74 bits per heavy atom. The third kappa shape index (κ3) is 4.07. The molecule has 1 fully saturated rings. The number of methoxy groups -OCH3 is 1. The minimum Gasteiger partial charge on any atom is -0.387 e. The lowest BCUT2D eigenvalue weighted by atomic mass is 9.99. The molecule has 0 radical (unpaired) electrons. The van der Waals surface area contributed by atoms with Crippen LogP contribution in [0.15, 0.2) is 29.2 Å². The number of hydrogen-bond donors (Lipinski definition) is 3. The van der Waals surface area contributed by atoms with Gasteiger partial charge in [0.1, 0.15) is 24.4 Å². The number of rotatable bonds is 5. The van der Waals surface area contributed by atoms with Crippen molar-refractivity contribution >= 4 is 10.1 Å². The van der Waals surface area contributed by atoms with Crippen LogP contribution in [-0.4, -0.2) is 68.2 Å². The zero-order chi connectivity index (χ0) is 17.2. The summed E-state index contributed by atoms with van der Waals surface area (Å²) in [4.78, 5) is -0.0377. The number of aliphatic hydroxyl groups excluding tert-OH is 3. The molecule has 0 amide bonds. The van der Waals surface area contributed by atoms with Crippen LogP contribution in [0.1, 0.15) is 5.56 Å². The molecule has 1 heterocycles. The van der Waals surface area contributed by atoms with Crippen molar-refractivity contribution < 1.29 is 37.4 Å². The lowest BCUT2D eigenvalue weighted by Gasteiger charge is -2.39. The topological polar surface area (TPSA) is 123 Å². The first-order valence-electron chi connectivity index (χ1n) is 6.95. The van der Waals surface area contributed by atoms with E-state index in [4.69, 9.17) is 13.7 Å². The van der Waals surface area contributed by atoms with E-state index in [0.717, 1.165) is 5.56 Å². The summed E-state index contributed by atoms with van der Waals surface area (Å²) in [7, 11) is -2.80. The number of aryl methyl sites for hydroxylation is 1. The minimum atomic E-state index is -4.04. The Bertz CT molecular complexity index is 614. The molecule has 1 aromatic carbocycles. The van der Waals surface area contributed by atoms with Gasteiger partial charge in [0.15, 0.2) is 6.29 Å². The predicted octanol–water partition coefficient (Wildman–Crippen LogP) is -0.846. The first kappa shape index (κ1) is 18.3. The third-order valence-electron chi connectivity index (χ3n) is 3.63. The smallest absolute Gasteiger partial charge is 0.297 e. The molecule has 9 heteroatoms. The van der Waals surface area contributed by atoms with Gasteiger partial charge < -0.3 is 24.8 Å². The molecule has 8 nitrogen and oxygen atoms in total. The maximum Gasteiger partial charge on any atom is 0.297 e. The molecule has 5 atom stereocenters. The van der Waals surface area contributed by atoms with Gasteiger partial charge in [-0.3, -0.25) is 4.18 Å². The van der Waals surface area contributed by atoms with Crippen molar-refractivity contribution in [2.45, 2.75) is 42.5 Å². The zero-order valence-corrected chi connectivity index (χ0v) is 13.5. The number of hydrogen-bond acceptors (Lipinski definition) is 8. The van der Waals surface area contributed by atoms with E-state index >= 15 is 0 Å². The van der Waals surface area contributed by atoms with E-state index in [1.54, 1.807) is 12.1 Å².